The molecule has 1 N–H and O–H groups in total. The molecule has 4 rings (SSSR count). The molecule has 1 amide bonds. The number of ether oxygens (including phenoxy) is 1. The van der Waals surface area contributed by atoms with Gasteiger partial charge in [0.2, 0.25) is 0 Å². The predicted octanol–water partition coefficient (Wildman–Crippen LogP) is 3.50. The summed E-state index contributed by atoms with van der Waals surface area (Å²) in [6.07, 6.45) is 1.84. The first kappa shape index (κ1) is 20.9. The number of benzene rings is 1. The van der Waals surface area contributed by atoms with Crippen LogP contribution in [0, 0.1) is 6.92 Å². The number of amides is 1. The number of anilines is 1. The number of aryl methyl sites for hydroxylation is 1. The highest BCUT2D eigenvalue weighted by Gasteiger charge is 2.26. The van der Waals surface area contributed by atoms with Crippen LogP contribution in [0.15, 0.2) is 42.5 Å². The maximum Gasteiger partial charge on any atom is 0.339 e. The number of aromatic nitrogens is 2. The Morgan fingerprint density at radius 2 is 1.97 bits per heavy atom. The standard InChI is InChI=1S/C24H26N4O3/c1-3-12-28-13-11-20-18(14-28)23(17-8-4-5-9-19(17)26-20)24(30)31-15-22(29)27-21-10-6-7-16(2)25-21/h4-10H,3,11-15H2,1-2H3,(H,25,27,29). The lowest BCUT2D eigenvalue weighted by molar-refractivity contribution is -0.119. The van der Waals surface area contributed by atoms with Crippen molar-refractivity contribution in [2.24, 2.45) is 0 Å². The van der Waals surface area contributed by atoms with Gasteiger partial charge in [-0.05, 0) is 38.1 Å². The lowest BCUT2D eigenvalue weighted by Gasteiger charge is -2.29. The molecule has 0 spiro atoms. The molecule has 0 unspecified atom stereocenters. The lowest BCUT2D eigenvalue weighted by Crippen LogP contribution is -2.33. The molecular formula is C24H26N4O3. The zero-order chi connectivity index (χ0) is 21.8. The number of rotatable bonds is 6. The molecule has 3 aromatic rings. The molecule has 160 valence electrons. The van der Waals surface area contributed by atoms with Gasteiger partial charge in [0.15, 0.2) is 6.61 Å². The molecule has 3 heterocycles. The van der Waals surface area contributed by atoms with Gasteiger partial charge in [-0.15, -0.1) is 0 Å². The van der Waals surface area contributed by atoms with Crippen molar-refractivity contribution in [1.29, 1.82) is 0 Å². The Bertz CT molecular complexity index is 1130. The largest absolute Gasteiger partial charge is 0.452 e. The first-order valence-corrected chi connectivity index (χ1v) is 10.6. The number of hydrogen-bond acceptors (Lipinski definition) is 6. The monoisotopic (exact) mass is 418 g/mol. The highest BCUT2D eigenvalue weighted by Crippen LogP contribution is 2.29. The fraction of sp³-hybridized carbons (Fsp3) is 0.333. The summed E-state index contributed by atoms with van der Waals surface area (Å²) in [5.41, 5.74) is 3.92. The zero-order valence-corrected chi connectivity index (χ0v) is 17.9. The molecule has 31 heavy (non-hydrogen) atoms. The van der Waals surface area contributed by atoms with E-state index in [0.717, 1.165) is 53.8 Å². The minimum absolute atomic E-state index is 0.376. The van der Waals surface area contributed by atoms with E-state index in [2.05, 4.69) is 22.1 Å². The Hall–Kier alpha value is -3.32. The van der Waals surface area contributed by atoms with Gasteiger partial charge in [-0.2, -0.15) is 0 Å². The van der Waals surface area contributed by atoms with Gasteiger partial charge >= 0.3 is 5.97 Å². The minimum atomic E-state index is -0.499. The smallest absolute Gasteiger partial charge is 0.339 e. The third-order valence-electron chi connectivity index (χ3n) is 5.36. The summed E-state index contributed by atoms with van der Waals surface area (Å²) in [6.45, 7) is 6.16. The number of pyridine rings is 2. The number of hydrogen-bond donors (Lipinski definition) is 1. The summed E-state index contributed by atoms with van der Waals surface area (Å²) in [4.78, 5) is 36.8. The molecule has 7 nitrogen and oxygen atoms in total. The predicted molar refractivity (Wildman–Crippen MR) is 119 cm³/mol. The number of carbonyl (C=O) groups excluding carboxylic acids is 2. The number of carbonyl (C=O) groups is 2. The van der Waals surface area contributed by atoms with Crippen molar-refractivity contribution in [3.8, 4) is 0 Å². The van der Waals surface area contributed by atoms with Gasteiger partial charge in [-0.25, -0.2) is 9.78 Å². The van der Waals surface area contributed by atoms with E-state index in [-0.39, 0.29) is 6.61 Å². The van der Waals surface area contributed by atoms with E-state index in [9.17, 15) is 9.59 Å². The van der Waals surface area contributed by atoms with Gasteiger partial charge in [-0.1, -0.05) is 31.2 Å². The van der Waals surface area contributed by atoms with Crippen molar-refractivity contribution >= 4 is 28.6 Å². The molecule has 7 heteroatoms. The van der Waals surface area contributed by atoms with Crippen LogP contribution in [0.1, 0.15) is 40.7 Å². The third-order valence-corrected chi connectivity index (χ3v) is 5.36. The number of nitrogens with zero attached hydrogens (tertiary/aromatic N) is 3. The SMILES string of the molecule is CCCN1CCc2nc3ccccc3c(C(=O)OCC(=O)Nc3cccc(C)n3)c2C1. The molecule has 2 aromatic heterocycles. The van der Waals surface area contributed by atoms with Crippen LogP contribution in [-0.2, 0) is 22.5 Å². The maximum absolute atomic E-state index is 13.1. The topological polar surface area (TPSA) is 84.4 Å². The van der Waals surface area contributed by atoms with Gasteiger partial charge in [0.05, 0.1) is 11.1 Å². The second-order valence-corrected chi connectivity index (χ2v) is 7.74. The van der Waals surface area contributed by atoms with E-state index < -0.39 is 11.9 Å². The molecule has 1 aliphatic rings. The van der Waals surface area contributed by atoms with Crippen LogP contribution in [0.3, 0.4) is 0 Å². The molecule has 1 aromatic carbocycles. The van der Waals surface area contributed by atoms with Crippen LogP contribution in [-0.4, -0.2) is 46.4 Å². The van der Waals surface area contributed by atoms with Gasteiger partial charge in [0.1, 0.15) is 5.82 Å². The number of nitrogens with one attached hydrogen (secondary N) is 1. The number of esters is 1. The lowest BCUT2D eigenvalue weighted by atomic mass is 9.95. The summed E-state index contributed by atoms with van der Waals surface area (Å²) in [5.74, 6) is -0.491. The minimum Gasteiger partial charge on any atom is -0.452 e. The Kier molecular flexibility index (Phi) is 6.23. The van der Waals surface area contributed by atoms with Crippen molar-refractivity contribution < 1.29 is 14.3 Å². The fourth-order valence-corrected chi connectivity index (χ4v) is 3.98. The van der Waals surface area contributed by atoms with Gasteiger partial charge in [0, 0.05) is 41.8 Å². The average molecular weight is 418 g/mol. The van der Waals surface area contributed by atoms with Gasteiger partial charge < -0.3 is 10.1 Å². The highest BCUT2D eigenvalue weighted by atomic mass is 16.5. The first-order chi connectivity index (χ1) is 15.0. The summed E-state index contributed by atoms with van der Waals surface area (Å²) in [7, 11) is 0. The van der Waals surface area contributed by atoms with E-state index in [0.29, 0.717) is 17.9 Å². The normalized spacial score (nSPS) is 13.6. The number of para-hydroxylation sites is 1. The van der Waals surface area contributed by atoms with E-state index in [1.807, 2.05) is 37.3 Å². The van der Waals surface area contributed by atoms with Crippen molar-refractivity contribution in [3.05, 3.63) is 65.0 Å². The van der Waals surface area contributed by atoms with Crippen LogP contribution in [0.4, 0.5) is 5.82 Å². The fourth-order valence-electron chi connectivity index (χ4n) is 3.98. The maximum atomic E-state index is 13.1. The van der Waals surface area contributed by atoms with E-state index in [1.54, 1.807) is 12.1 Å². The van der Waals surface area contributed by atoms with E-state index >= 15 is 0 Å². The summed E-state index contributed by atoms with van der Waals surface area (Å²) in [6, 6.07) is 12.9. The Morgan fingerprint density at radius 3 is 2.77 bits per heavy atom. The highest BCUT2D eigenvalue weighted by molar-refractivity contribution is 6.06. The van der Waals surface area contributed by atoms with Crippen molar-refractivity contribution in [2.75, 3.05) is 25.0 Å². The van der Waals surface area contributed by atoms with E-state index in [1.165, 1.54) is 0 Å². The summed E-state index contributed by atoms with van der Waals surface area (Å²) < 4.78 is 5.44. The first-order valence-electron chi connectivity index (χ1n) is 10.6. The molecule has 0 atom stereocenters. The Balaban J connectivity index is 1.57. The zero-order valence-electron chi connectivity index (χ0n) is 17.9. The van der Waals surface area contributed by atoms with E-state index in [4.69, 9.17) is 9.72 Å². The Labute approximate surface area is 181 Å². The number of fused-ring (bicyclic) bond motifs is 2. The molecule has 0 saturated carbocycles. The van der Waals surface area contributed by atoms with Crippen LogP contribution >= 0.6 is 0 Å². The molecular weight excluding hydrogens is 392 g/mol. The molecule has 0 bridgehead atoms. The molecule has 1 aliphatic heterocycles. The second-order valence-electron chi connectivity index (χ2n) is 7.74. The quantitative estimate of drug-likeness (QED) is 0.617. The van der Waals surface area contributed by atoms with Gasteiger partial charge in [0.25, 0.3) is 5.91 Å². The Morgan fingerprint density at radius 1 is 1.13 bits per heavy atom. The molecule has 0 radical (unpaired) electrons. The van der Waals surface area contributed by atoms with Crippen LogP contribution in [0.2, 0.25) is 0 Å². The van der Waals surface area contributed by atoms with Crippen LogP contribution in [0.25, 0.3) is 10.9 Å². The van der Waals surface area contributed by atoms with Crippen molar-refractivity contribution in [1.82, 2.24) is 14.9 Å². The molecule has 0 fully saturated rings. The van der Waals surface area contributed by atoms with Crippen LogP contribution in [0.5, 0.6) is 0 Å². The summed E-state index contributed by atoms with van der Waals surface area (Å²) in [5, 5.41) is 3.42. The van der Waals surface area contributed by atoms with Gasteiger partial charge in [-0.3, -0.25) is 14.7 Å². The molecule has 0 saturated heterocycles. The van der Waals surface area contributed by atoms with Crippen molar-refractivity contribution in [2.45, 2.75) is 33.2 Å². The second kappa shape index (κ2) is 9.22. The summed E-state index contributed by atoms with van der Waals surface area (Å²) >= 11 is 0. The van der Waals surface area contributed by atoms with Crippen LogP contribution < -0.4 is 5.32 Å². The van der Waals surface area contributed by atoms with Crippen molar-refractivity contribution in [3.63, 3.8) is 0 Å². The third kappa shape index (κ3) is 4.72. The average Bonchev–Trinajstić information content (AvgIpc) is 2.76. The molecule has 0 aliphatic carbocycles.